The van der Waals surface area contributed by atoms with Crippen LogP contribution in [0.3, 0.4) is 0 Å². The monoisotopic (exact) mass is 474 g/mol. The number of hydrogen-bond donors (Lipinski definition) is 2. The number of halogens is 6. The number of amides is 2. The SMILES string of the molecule is CC1(C)C(=O)N(Cc2cccc(C(F)(F)F)c2)CC1NC(=O)c1cc(C(F)(F)F)ccc1O. The fourth-order valence-electron chi connectivity index (χ4n) is 3.65. The predicted molar refractivity (Wildman–Crippen MR) is 105 cm³/mol. The van der Waals surface area contributed by atoms with Gasteiger partial charge in [0.25, 0.3) is 5.91 Å². The van der Waals surface area contributed by atoms with Gasteiger partial charge in [-0.25, -0.2) is 0 Å². The summed E-state index contributed by atoms with van der Waals surface area (Å²) in [6.07, 6.45) is -9.28. The van der Waals surface area contributed by atoms with E-state index in [2.05, 4.69) is 5.32 Å². The van der Waals surface area contributed by atoms with Crippen LogP contribution in [0, 0.1) is 5.41 Å². The van der Waals surface area contributed by atoms with E-state index in [1.165, 1.54) is 30.9 Å². The van der Waals surface area contributed by atoms with Crippen molar-refractivity contribution >= 4 is 11.8 Å². The molecule has 0 spiro atoms. The lowest BCUT2D eigenvalue weighted by Crippen LogP contribution is -2.45. The smallest absolute Gasteiger partial charge is 0.416 e. The summed E-state index contributed by atoms with van der Waals surface area (Å²) in [6.45, 7) is 2.80. The second kappa shape index (κ2) is 8.27. The Morgan fingerprint density at radius 2 is 1.67 bits per heavy atom. The lowest BCUT2D eigenvalue weighted by Gasteiger charge is -2.24. The van der Waals surface area contributed by atoms with Crippen LogP contribution in [-0.2, 0) is 23.7 Å². The minimum atomic E-state index is -4.73. The molecule has 2 aromatic rings. The van der Waals surface area contributed by atoms with Gasteiger partial charge in [-0.1, -0.05) is 12.1 Å². The number of benzene rings is 2. The zero-order chi connectivity index (χ0) is 24.8. The predicted octanol–water partition coefficient (Wildman–Crippen LogP) is 4.60. The molecule has 1 atom stereocenters. The molecule has 2 amide bonds. The van der Waals surface area contributed by atoms with Crippen LogP contribution < -0.4 is 5.32 Å². The Balaban J connectivity index is 1.79. The quantitative estimate of drug-likeness (QED) is 0.637. The van der Waals surface area contributed by atoms with Gasteiger partial charge in [0, 0.05) is 13.1 Å². The molecule has 0 aliphatic carbocycles. The average molecular weight is 474 g/mol. The summed E-state index contributed by atoms with van der Waals surface area (Å²) in [5.41, 5.74) is -3.55. The molecule has 3 rings (SSSR count). The van der Waals surface area contributed by atoms with Crippen molar-refractivity contribution in [3.63, 3.8) is 0 Å². The molecule has 1 unspecified atom stereocenters. The molecule has 0 bridgehead atoms. The maximum absolute atomic E-state index is 13.0. The van der Waals surface area contributed by atoms with Crippen molar-refractivity contribution < 1.29 is 41.0 Å². The van der Waals surface area contributed by atoms with Gasteiger partial charge in [-0.3, -0.25) is 9.59 Å². The maximum Gasteiger partial charge on any atom is 0.416 e. The van der Waals surface area contributed by atoms with Crippen molar-refractivity contribution in [3.05, 3.63) is 64.7 Å². The third-order valence-corrected chi connectivity index (χ3v) is 5.61. The van der Waals surface area contributed by atoms with Crippen LogP contribution >= 0.6 is 0 Å². The molecule has 5 nitrogen and oxygen atoms in total. The van der Waals surface area contributed by atoms with Crippen LogP contribution in [0.2, 0.25) is 0 Å². The van der Waals surface area contributed by atoms with Crippen molar-refractivity contribution in [2.75, 3.05) is 6.54 Å². The molecule has 178 valence electrons. The first-order valence-corrected chi connectivity index (χ1v) is 9.77. The summed E-state index contributed by atoms with van der Waals surface area (Å²) < 4.78 is 77.8. The van der Waals surface area contributed by atoms with Crippen molar-refractivity contribution in [2.45, 2.75) is 38.8 Å². The largest absolute Gasteiger partial charge is 0.507 e. The van der Waals surface area contributed by atoms with E-state index in [0.29, 0.717) is 12.1 Å². The zero-order valence-electron chi connectivity index (χ0n) is 17.5. The number of rotatable bonds is 4. The zero-order valence-corrected chi connectivity index (χ0v) is 17.5. The molecule has 1 aliphatic rings. The third kappa shape index (κ3) is 5.07. The fraction of sp³-hybridized carbons (Fsp3) is 0.364. The molecule has 2 N–H and O–H groups in total. The highest BCUT2D eigenvalue weighted by Gasteiger charge is 2.48. The number of nitrogens with zero attached hydrogens (tertiary/aromatic N) is 1. The van der Waals surface area contributed by atoms with Gasteiger partial charge in [0.2, 0.25) is 5.91 Å². The molecule has 11 heteroatoms. The van der Waals surface area contributed by atoms with E-state index in [-0.39, 0.29) is 18.7 Å². The standard InChI is InChI=1S/C22H20F6N2O3/c1-20(2)17(29-18(32)15-9-14(22(26,27)28)6-7-16(15)31)11-30(19(20)33)10-12-4-3-5-13(8-12)21(23,24)25/h3-9,17,31H,10-11H2,1-2H3,(H,29,32). The van der Waals surface area contributed by atoms with Crippen molar-refractivity contribution in [1.29, 1.82) is 0 Å². The van der Waals surface area contributed by atoms with Crippen LogP contribution in [0.4, 0.5) is 26.3 Å². The van der Waals surface area contributed by atoms with Gasteiger partial charge >= 0.3 is 12.4 Å². The average Bonchev–Trinajstić information content (AvgIpc) is 2.90. The molecule has 0 radical (unpaired) electrons. The van der Waals surface area contributed by atoms with Gasteiger partial charge in [-0.15, -0.1) is 0 Å². The number of carbonyl (C=O) groups is 2. The number of hydrogen-bond acceptors (Lipinski definition) is 3. The fourth-order valence-corrected chi connectivity index (χ4v) is 3.65. The highest BCUT2D eigenvalue weighted by Crippen LogP contribution is 2.35. The van der Waals surface area contributed by atoms with Gasteiger partial charge < -0.3 is 15.3 Å². The molecule has 0 saturated carbocycles. The van der Waals surface area contributed by atoms with E-state index in [1.807, 2.05) is 0 Å². The highest BCUT2D eigenvalue weighted by atomic mass is 19.4. The molecule has 1 aliphatic heterocycles. The Bertz CT molecular complexity index is 1080. The van der Waals surface area contributed by atoms with Crippen LogP contribution in [0.1, 0.15) is 40.9 Å². The van der Waals surface area contributed by atoms with E-state index in [0.717, 1.165) is 18.2 Å². The van der Waals surface area contributed by atoms with Crippen LogP contribution in [0.5, 0.6) is 5.75 Å². The third-order valence-electron chi connectivity index (χ3n) is 5.61. The Morgan fingerprint density at radius 3 is 2.27 bits per heavy atom. The molecule has 1 fully saturated rings. The lowest BCUT2D eigenvalue weighted by molar-refractivity contribution is -0.138. The normalized spacial score (nSPS) is 18.5. The van der Waals surface area contributed by atoms with E-state index in [9.17, 15) is 41.0 Å². The number of carbonyl (C=O) groups excluding carboxylic acids is 2. The minimum absolute atomic E-state index is 0.0759. The summed E-state index contributed by atoms with van der Waals surface area (Å²) in [7, 11) is 0. The Kier molecular flexibility index (Phi) is 6.12. The number of phenolic OH excluding ortho intramolecular Hbond substituents is 1. The van der Waals surface area contributed by atoms with Crippen LogP contribution in [0.25, 0.3) is 0 Å². The molecular weight excluding hydrogens is 454 g/mol. The summed E-state index contributed by atoms with van der Waals surface area (Å²) in [5, 5.41) is 12.3. The summed E-state index contributed by atoms with van der Waals surface area (Å²) >= 11 is 0. The van der Waals surface area contributed by atoms with Crippen molar-refractivity contribution in [1.82, 2.24) is 10.2 Å². The van der Waals surface area contributed by atoms with Crippen molar-refractivity contribution in [3.8, 4) is 5.75 Å². The first-order chi connectivity index (χ1) is 15.1. The molecular formula is C22H20F6N2O3. The van der Waals surface area contributed by atoms with Crippen LogP contribution in [-0.4, -0.2) is 34.4 Å². The lowest BCUT2D eigenvalue weighted by atomic mass is 9.87. The second-order valence-corrected chi connectivity index (χ2v) is 8.36. The molecule has 1 heterocycles. The number of aromatic hydroxyl groups is 1. The number of nitrogens with one attached hydrogen (secondary N) is 1. The Morgan fingerprint density at radius 1 is 1.06 bits per heavy atom. The van der Waals surface area contributed by atoms with Gasteiger partial charge in [-0.05, 0) is 49.7 Å². The molecule has 0 aromatic heterocycles. The molecule has 1 saturated heterocycles. The van der Waals surface area contributed by atoms with Gasteiger partial charge in [0.15, 0.2) is 0 Å². The highest BCUT2D eigenvalue weighted by molar-refractivity contribution is 5.98. The maximum atomic E-state index is 13.0. The van der Waals surface area contributed by atoms with Gasteiger partial charge in [0.05, 0.1) is 28.1 Å². The van der Waals surface area contributed by atoms with E-state index >= 15 is 0 Å². The summed E-state index contributed by atoms with van der Waals surface area (Å²) in [5.74, 6) is -2.12. The number of phenols is 1. The van der Waals surface area contributed by atoms with E-state index < -0.39 is 58.1 Å². The Hall–Kier alpha value is -3.24. The summed E-state index contributed by atoms with van der Waals surface area (Å²) in [6, 6.07) is 5.51. The van der Waals surface area contributed by atoms with Gasteiger partial charge in [0.1, 0.15) is 5.75 Å². The number of alkyl halides is 6. The number of likely N-dealkylation sites (tertiary alicyclic amines) is 1. The minimum Gasteiger partial charge on any atom is -0.507 e. The topological polar surface area (TPSA) is 69.6 Å². The first-order valence-electron chi connectivity index (χ1n) is 9.77. The second-order valence-electron chi connectivity index (χ2n) is 8.36. The van der Waals surface area contributed by atoms with Crippen molar-refractivity contribution in [2.24, 2.45) is 5.41 Å². The van der Waals surface area contributed by atoms with Crippen LogP contribution in [0.15, 0.2) is 42.5 Å². The van der Waals surface area contributed by atoms with Gasteiger partial charge in [-0.2, -0.15) is 26.3 Å². The first kappa shape index (κ1) is 24.4. The molecule has 2 aromatic carbocycles. The molecule has 33 heavy (non-hydrogen) atoms. The Labute approximate surface area is 185 Å². The summed E-state index contributed by atoms with van der Waals surface area (Å²) in [4.78, 5) is 26.7. The van der Waals surface area contributed by atoms with E-state index in [1.54, 1.807) is 0 Å². The van der Waals surface area contributed by atoms with E-state index in [4.69, 9.17) is 0 Å².